The third kappa shape index (κ3) is 3.17. The molecule has 5 nitrogen and oxygen atoms in total. The Morgan fingerprint density at radius 1 is 1.32 bits per heavy atom. The SMILES string of the molecule is CCC(C)Cc1nc(CO)n(-c2cccc(C)n2)n1. The van der Waals surface area contributed by atoms with Crippen LogP contribution in [0.5, 0.6) is 0 Å². The van der Waals surface area contributed by atoms with Gasteiger partial charge in [0.1, 0.15) is 6.61 Å². The van der Waals surface area contributed by atoms with E-state index < -0.39 is 0 Å². The molecule has 2 aromatic rings. The van der Waals surface area contributed by atoms with Gasteiger partial charge in [-0.05, 0) is 25.0 Å². The van der Waals surface area contributed by atoms with Crippen molar-refractivity contribution in [3.8, 4) is 5.82 Å². The minimum absolute atomic E-state index is 0.136. The Balaban J connectivity index is 2.34. The molecule has 0 aliphatic heterocycles. The number of pyridine rings is 1. The van der Waals surface area contributed by atoms with Crippen molar-refractivity contribution in [2.24, 2.45) is 5.92 Å². The maximum Gasteiger partial charge on any atom is 0.159 e. The quantitative estimate of drug-likeness (QED) is 0.893. The summed E-state index contributed by atoms with van der Waals surface area (Å²) < 4.78 is 1.63. The van der Waals surface area contributed by atoms with E-state index >= 15 is 0 Å². The smallest absolute Gasteiger partial charge is 0.159 e. The molecule has 102 valence electrons. The Kier molecular flexibility index (Phi) is 4.27. The van der Waals surface area contributed by atoms with Gasteiger partial charge in [-0.25, -0.2) is 9.97 Å². The van der Waals surface area contributed by atoms with Gasteiger partial charge < -0.3 is 5.11 Å². The van der Waals surface area contributed by atoms with Crippen molar-refractivity contribution in [1.82, 2.24) is 19.7 Å². The van der Waals surface area contributed by atoms with Gasteiger partial charge in [-0.15, -0.1) is 5.10 Å². The van der Waals surface area contributed by atoms with Crippen LogP contribution in [0.1, 0.15) is 37.6 Å². The van der Waals surface area contributed by atoms with Crippen molar-refractivity contribution >= 4 is 0 Å². The molecule has 1 atom stereocenters. The van der Waals surface area contributed by atoms with Crippen LogP contribution >= 0.6 is 0 Å². The summed E-state index contributed by atoms with van der Waals surface area (Å²) in [6.07, 6.45) is 1.91. The summed E-state index contributed by atoms with van der Waals surface area (Å²) in [6, 6.07) is 5.72. The number of aromatic nitrogens is 4. The molecule has 2 rings (SSSR count). The van der Waals surface area contributed by atoms with E-state index in [0.29, 0.717) is 17.6 Å². The topological polar surface area (TPSA) is 63.8 Å². The number of nitrogens with zero attached hydrogens (tertiary/aromatic N) is 4. The van der Waals surface area contributed by atoms with Crippen LogP contribution in [0.2, 0.25) is 0 Å². The molecular formula is C14H20N4O. The molecule has 0 amide bonds. The van der Waals surface area contributed by atoms with Crippen molar-refractivity contribution in [1.29, 1.82) is 0 Å². The second-order valence-corrected chi connectivity index (χ2v) is 4.87. The number of aliphatic hydroxyl groups excluding tert-OH is 1. The molecule has 0 radical (unpaired) electrons. The lowest BCUT2D eigenvalue weighted by molar-refractivity contribution is 0.268. The highest BCUT2D eigenvalue weighted by molar-refractivity contribution is 5.24. The Labute approximate surface area is 113 Å². The van der Waals surface area contributed by atoms with Gasteiger partial charge in [-0.1, -0.05) is 26.3 Å². The summed E-state index contributed by atoms with van der Waals surface area (Å²) in [7, 11) is 0. The zero-order chi connectivity index (χ0) is 13.8. The fourth-order valence-electron chi connectivity index (χ4n) is 1.87. The van der Waals surface area contributed by atoms with Crippen LogP contribution in [0.15, 0.2) is 18.2 Å². The Morgan fingerprint density at radius 2 is 2.11 bits per heavy atom. The van der Waals surface area contributed by atoms with Crippen molar-refractivity contribution in [2.75, 3.05) is 0 Å². The van der Waals surface area contributed by atoms with Gasteiger partial charge in [0, 0.05) is 12.1 Å². The molecular weight excluding hydrogens is 240 g/mol. The Morgan fingerprint density at radius 3 is 2.74 bits per heavy atom. The summed E-state index contributed by atoms with van der Waals surface area (Å²) in [5.74, 6) is 2.54. The van der Waals surface area contributed by atoms with E-state index in [-0.39, 0.29) is 6.61 Å². The molecule has 2 heterocycles. The number of hydrogen-bond acceptors (Lipinski definition) is 4. The summed E-state index contributed by atoms with van der Waals surface area (Å²) >= 11 is 0. The summed E-state index contributed by atoms with van der Waals surface area (Å²) in [4.78, 5) is 8.80. The van der Waals surface area contributed by atoms with Crippen molar-refractivity contribution in [3.05, 3.63) is 35.5 Å². The zero-order valence-corrected chi connectivity index (χ0v) is 11.7. The lowest BCUT2D eigenvalue weighted by Crippen LogP contribution is -2.06. The van der Waals surface area contributed by atoms with Crippen molar-refractivity contribution < 1.29 is 5.11 Å². The molecule has 0 aliphatic rings. The van der Waals surface area contributed by atoms with Crippen LogP contribution in [0.4, 0.5) is 0 Å². The highest BCUT2D eigenvalue weighted by Crippen LogP contribution is 2.12. The predicted octanol–water partition coefficient (Wildman–Crippen LogP) is 2.05. The third-order valence-corrected chi connectivity index (χ3v) is 3.18. The van der Waals surface area contributed by atoms with E-state index in [1.807, 2.05) is 25.1 Å². The van der Waals surface area contributed by atoms with E-state index in [2.05, 4.69) is 28.9 Å². The molecule has 19 heavy (non-hydrogen) atoms. The van der Waals surface area contributed by atoms with E-state index in [1.54, 1.807) is 4.68 Å². The van der Waals surface area contributed by atoms with Gasteiger partial charge in [-0.2, -0.15) is 4.68 Å². The first-order chi connectivity index (χ1) is 9.13. The third-order valence-electron chi connectivity index (χ3n) is 3.18. The summed E-state index contributed by atoms with van der Waals surface area (Å²) in [5.41, 5.74) is 0.917. The first-order valence-corrected chi connectivity index (χ1v) is 6.63. The number of rotatable bonds is 5. The molecule has 0 aromatic carbocycles. The Bertz CT molecular complexity index is 550. The fraction of sp³-hybridized carbons (Fsp3) is 0.500. The van der Waals surface area contributed by atoms with Crippen LogP contribution in [0.25, 0.3) is 5.82 Å². The van der Waals surface area contributed by atoms with Crippen molar-refractivity contribution in [3.63, 3.8) is 0 Å². The average molecular weight is 260 g/mol. The first kappa shape index (κ1) is 13.7. The molecule has 0 bridgehead atoms. The molecule has 0 spiro atoms. The monoisotopic (exact) mass is 260 g/mol. The van der Waals surface area contributed by atoms with E-state index in [9.17, 15) is 5.11 Å². The molecule has 0 saturated heterocycles. The number of aryl methyl sites for hydroxylation is 1. The molecule has 5 heteroatoms. The largest absolute Gasteiger partial charge is 0.388 e. The normalized spacial score (nSPS) is 12.6. The van der Waals surface area contributed by atoms with E-state index in [1.165, 1.54) is 0 Å². The van der Waals surface area contributed by atoms with Crippen LogP contribution in [0, 0.1) is 12.8 Å². The first-order valence-electron chi connectivity index (χ1n) is 6.63. The second-order valence-electron chi connectivity index (χ2n) is 4.87. The van der Waals surface area contributed by atoms with Crippen molar-refractivity contribution in [2.45, 2.75) is 40.2 Å². The highest BCUT2D eigenvalue weighted by atomic mass is 16.3. The van der Waals surface area contributed by atoms with Gasteiger partial charge in [0.15, 0.2) is 17.5 Å². The van der Waals surface area contributed by atoms with Gasteiger partial charge in [0.2, 0.25) is 0 Å². The van der Waals surface area contributed by atoms with Crippen LogP contribution in [-0.2, 0) is 13.0 Å². The van der Waals surface area contributed by atoms with Gasteiger partial charge in [0.05, 0.1) is 0 Å². The highest BCUT2D eigenvalue weighted by Gasteiger charge is 2.13. The van der Waals surface area contributed by atoms with E-state index in [0.717, 1.165) is 24.4 Å². The molecule has 1 N–H and O–H groups in total. The molecule has 0 saturated carbocycles. The van der Waals surface area contributed by atoms with Gasteiger partial charge >= 0.3 is 0 Å². The lowest BCUT2D eigenvalue weighted by Gasteiger charge is -2.04. The minimum atomic E-state index is -0.136. The minimum Gasteiger partial charge on any atom is -0.388 e. The molecule has 0 aliphatic carbocycles. The standard InChI is InChI=1S/C14H20N4O/c1-4-10(2)8-12-16-14(9-19)18(17-12)13-7-5-6-11(3)15-13/h5-7,10,19H,4,8-9H2,1-3H3. The lowest BCUT2D eigenvalue weighted by atomic mass is 10.1. The summed E-state index contributed by atoms with van der Waals surface area (Å²) in [5, 5.41) is 13.9. The predicted molar refractivity (Wildman–Crippen MR) is 73.0 cm³/mol. The molecule has 0 fully saturated rings. The maximum atomic E-state index is 9.40. The van der Waals surface area contributed by atoms with Crippen LogP contribution in [-0.4, -0.2) is 24.9 Å². The van der Waals surface area contributed by atoms with Crippen LogP contribution < -0.4 is 0 Å². The zero-order valence-electron chi connectivity index (χ0n) is 11.7. The van der Waals surface area contributed by atoms with Gasteiger partial charge in [-0.3, -0.25) is 0 Å². The molecule has 1 unspecified atom stereocenters. The maximum absolute atomic E-state index is 9.40. The Hall–Kier alpha value is -1.75. The van der Waals surface area contributed by atoms with Gasteiger partial charge in [0.25, 0.3) is 0 Å². The van der Waals surface area contributed by atoms with E-state index in [4.69, 9.17) is 0 Å². The number of hydrogen-bond donors (Lipinski definition) is 1. The fourth-order valence-corrected chi connectivity index (χ4v) is 1.87. The summed E-state index contributed by atoms with van der Waals surface area (Å²) in [6.45, 7) is 6.11. The second kappa shape index (κ2) is 5.93. The molecule has 2 aromatic heterocycles. The number of aliphatic hydroxyl groups is 1. The van der Waals surface area contributed by atoms with Crippen LogP contribution in [0.3, 0.4) is 0 Å². The average Bonchev–Trinajstić information content (AvgIpc) is 2.81.